The lowest BCUT2D eigenvalue weighted by Gasteiger charge is -2.08. The van der Waals surface area contributed by atoms with Crippen molar-refractivity contribution in [1.82, 2.24) is 0 Å². The van der Waals surface area contributed by atoms with Gasteiger partial charge in [-0.25, -0.2) is 8.78 Å². The van der Waals surface area contributed by atoms with Crippen molar-refractivity contribution in [3.63, 3.8) is 0 Å². The van der Waals surface area contributed by atoms with Crippen LogP contribution in [0.25, 0.3) is 0 Å². The number of amidine groups is 1. The molecule has 0 aliphatic heterocycles. The Morgan fingerprint density at radius 3 is 2.50 bits per heavy atom. The molecule has 0 aliphatic carbocycles. The second-order valence-corrected chi connectivity index (χ2v) is 4.20. The second kappa shape index (κ2) is 6.01. The van der Waals surface area contributed by atoms with E-state index >= 15 is 0 Å². The topological polar surface area (TPSA) is 70.6 Å². The number of oxime groups is 1. The van der Waals surface area contributed by atoms with Crippen molar-refractivity contribution in [3.8, 4) is 0 Å². The molecule has 0 amide bonds. The van der Waals surface area contributed by atoms with Crippen LogP contribution in [-0.4, -0.2) is 11.0 Å². The Labute approximate surface area is 114 Å². The molecule has 0 unspecified atom stereocenters. The summed E-state index contributed by atoms with van der Waals surface area (Å²) in [5.41, 5.74) is 7.23. The summed E-state index contributed by atoms with van der Waals surface area (Å²) in [7, 11) is 0. The molecule has 0 heterocycles. The number of rotatable bonds is 4. The molecule has 0 fully saturated rings. The van der Waals surface area contributed by atoms with Crippen LogP contribution in [0.15, 0.2) is 47.6 Å². The van der Waals surface area contributed by atoms with Gasteiger partial charge < -0.3 is 16.3 Å². The molecule has 4 N–H and O–H groups in total. The largest absolute Gasteiger partial charge is 0.409 e. The zero-order chi connectivity index (χ0) is 14.5. The van der Waals surface area contributed by atoms with Gasteiger partial charge in [-0.2, -0.15) is 0 Å². The molecule has 0 aliphatic rings. The minimum Gasteiger partial charge on any atom is -0.409 e. The van der Waals surface area contributed by atoms with Crippen molar-refractivity contribution in [2.75, 3.05) is 5.32 Å². The van der Waals surface area contributed by atoms with E-state index in [9.17, 15) is 8.78 Å². The highest BCUT2D eigenvalue weighted by molar-refractivity contribution is 5.97. The predicted octanol–water partition coefficient (Wildman–Crippen LogP) is 2.67. The van der Waals surface area contributed by atoms with Crippen molar-refractivity contribution < 1.29 is 14.0 Å². The van der Waals surface area contributed by atoms with Crippen LogP contribution in [0.5, 0.6) is 0 Å². The molecule has 2 rings (SSSR count). The Bertz CT molecular complexity index is 624. The average molecular weight is 277 g/mol. The minimum atomic E-state index is -0.641. The molecule has 0 spiro atoms. The van der Waals surface area contributed by atoms with Crippen molar-refractivity contribution in [3.05, 3.63) is 65.2 Å². The van der Waals surface area contributed by atoms with E-state index in [1.807, 2.05) is 6.07 Å². The van der Waals surface area contributed by atoms with E-state index in [1.54, 1.807) is 18.2 Å². The van der Waals surface area contributed by atoms with Crippen LogP contribution in [0.4, 0.5) is 14.5 Å². The molecule has 104 valence electrons. The van der Waals surface area contributed by atoms with E-state index in [2.05, 4.69) is 10.5 Å². The standard InChI is InChI=1S/C14H13F2N3O/c15-11-5-12(16)7-13(6-11)18-8-9-2-1-3-10(4-9)14(17)19-20/h1-7,18,20H,8H2,(H2,17,19). The highest BCUT2D eigenvalue weighted by atomic mass is 19.1. The van der Waals surface area contributed by atoms with Crippen LogP contribution >= 0.6 is 0 Å². The molecular formula is C14H13F2N3O. The van der Waals surface area contributed by atoms with Gasteiger partial charge in [-0.3, -0.25) is 0 Å². The second-order valence-electron chi connectivity index (χ2n) is 4.20. The number of anilines is 1. The number of benzene rings is 2. The third-order valence-corrected chi connectivity index (χ3v) is 2.69. The van der Waals surface area contributed by atoms with Crippen molar-refractivity contribution in [2.24, 2.45) is 10.9 Å². The van der Waals surface area contributed by atoms with Gasteiger partial charge in [0, 0.05) is 23.9 Å². The lowest BCUT2D eigenvalue weighted by Crippen LogP contribution is -2.13. The van der Waals surface area contributed by atoms with Gasteiger partial charge >= 0.3 is 0 Å². The van der Waals surface area contributed by atoms with E-state index < -0.39 is 11.6 Å². The fraction of sp³-hybridized carbons (Fsp3) is 0.0714. The Kier molecular flexibility index (Phi) is 4.14. The molecule has 6 heteroatoms. The monoisotopic (exact) mass is 277 g/mol. The molecule has 0 radical (unpaired) electrons. The van der Waals surface area contributed by atoms with Gasteiger partial charge in [-0.05, 0) is 23.8 Å². The van der Waals surface area contributed by atoms with Gasteiger partial charge in [-0.15, -0.1) is 0 Å². The van der Waals surface area contributed by atoms with Gasteiger partial charge in [0.2, 0.25) is 0 Å². The minimum absolute atomic E-state index is 0.00338. The predicted molar refractivity (Wildman–Crippen MR) is 72.6 cm³/mol. The van der Waals surface area contributed by atoms with Crippen LogP contribution in [0, 0.1) is 11.6 Å². The molecule has 2 aromatic rings. The smallest absolute Gasteiger partial charge is 0.170 e. The number of nitrogens with one attached hydrogen (secondary N) is 1. The summed E-state index contributed by atoms with van der Waals surface area (Å²) in [6, 6.07) is 10.2. The Morgan fingerprint density at radius 2 is 1.85 bits per heavy atom. The lowest BCUT2D eigenvalue weighted by molar-refractivity contribution is 0.318. The zero-order valence-corrected chi connectivity index (χ0v) is 10.5. The van der Waals surface area contributed by atoms with E-state index in [1.165, 1.54) is 12.1 Å². The summed E-state index contributed by atoms with van der Waals surface area (Å²) in [6.45, 7) is 0.357. The first kappa shape index (κ1) is 13.8. The van der Waals surface area contributed by atoms with Crippen LogP contribution in [-0.2, 0) is 6.54 Å². The third-order valence-electron chi connectivity index (χ3n) is 2.69. The molecule has 4 nitrogen and oxygen atoms in total. The quantitative estimate of drug-likeness (QED) is 0.348. The molecule has 0 aromatic heterocycles. The molecule has 0 bridgehead atoms. The summed E-state index contributed by atoms with van der Waals surface area (Å²) in [5.74, 6) is -1.28. The summed E-state index contributed by atoms with van der Waals surface area (Å²) < 4.78 is 26.1. The van der Waals surface area contributed by atoms with Crippen LogP contribution < -0.4 is 11.1 Å². The number of hydrogen-bond donors (Lipinski definition) is 3. The fourth-order valence-corrected chi connectivity index (χ4v) is 1.76. The summed E-state index contributed by atoms with van der Waals surface area (Å²) >= 11 is 0. The summed E-state index contributed by atoms with van der Waals surface area (Å²) in [5, 5.41) is 14.4. The number of hydrogen-bond acceptors (Lipinski definition) is 3. The maximum atomic E-state index is 13.0. The first-order valence-electron chi connectivity index (χ1n) is 5.85. The van der Waals surface area contributed by atoms with Crippen molar-refractivity contribution in [2.45, 2.75) is 6.54 Å². The molecule has 20 heavy (non-hydrogen) atoms. The molecule has 0 saturated carbocycles. The first-order valence-corrected chi connectivity index (χ1v) is 5.85. The summed E-state index contributed by atoms with van der Waals surface area (Å²) in [6.07, 6.45) is 0. The molecular weight excluding hydrogens is 264 g/mol. The van der Waals surface area contributed by atoms with E-state index in [4.69, 9.17) is 10.9 Å². The van der Waals surface area contributed by atoms with E-state index in [-0.39, 0.29) is 5.84 Å². The lowest BCUT2D eigenvalue weighted by atomic mass is 10.1. The normalized spacial score (nSPS) is 11.4. The van der Waals surface area contributed by atoms with Crippen LogP contribution in [0.1, 0.15) is 11.1 Å². The van der Waals surface area contributed by atoms with Crippen LogP contribution in [0.2, 0.25) is 0 Å². The highest BCUT2D eigenvalue weighted by Crippen LogP contribution is 2.14. The average Bonchev–Trinajstić information content (AvgIpc) is 2.43. The first-order chi connectivity index (χ1) is 9.58. The molecule has 0 saturated heterocycles. The number of halogens is 2. The highest BCUT2D eigenvalue weighted by Gasteiger charge is 2.03. The zero-order valence-electron chi connectivity index (χ0n) is 10.5. The Balaban J connectivity index is 2.11. The Morgan fingerprint density at radius 1 is 1.15 bits per heavy atom. The number of nitrogens with zero attached hydrogens (tertiary/aromatic N) is 1. The van der Waals surface area contributed by atoms with E-state index in [0.29, 0.717) is 17.8 Å². The molecule has 0 atom stereocenters. The van der Waals surface area contributed by atoms with Gasteiger partial charge in [-0.1, -0.05) is 23.4 Å². The SMILES string of the molecule is NC(=NO)c1cccc(CNc2cc(F)cc(F)c2)c1. The van der Waals surface area contributed by atoms with Gasteiger partial charge in [0.15, 0.2) is 5.84 Å². The fourth-order valence-electron chi connectivity index (χ4n) is 1.76. The maximum absolute atomic E-state index is 13.0. The van der Waals surface area contributed by atoms with E-state index in [0.717, 1.165) is 11.6 Å². The number of nitrogens with two attached hydrogens (primary N) is 1. The Hall–Kier alpha value is -2.63. The third kappa shape index (κ3) is 3.44. The van der Waals surface area contributed by atoms with Crippen molar-refractivity contribution >= 4 is 11.5 Å². The maximum Gasteiger partial charge on any atom is 0.170 e. The summed E-state index contributed by atoms with van der Waals surface area (Å²) in [4.78, 5) is 0. The van der Waals surface area contributed by atoms with Gasteiger partial charge in [0.25, 0.3) is 0 Å². The van der Waals surface area contributed by atoms with Crippen molar-refractivity contribution in [1.29, 1.82) is 0 Å². The molecule has 2 aromatic carbocycles. The van der Waals surface area contributed by atoms with Crippen LogP contribution in [0.3, 0.4) is 0 Å². The van der Waals surface area contributed by atoms with Gasteiger partial charge in [0.05, 0.1) is 0 Å². The van der Waals surface area contributed by atoms with Gasteiger partial charge in [0.1, 0.15) is 11.6 Å².